The highest BCUT2D eigenvalue weighted by Gasteiger charge is 2.32. The Kier molecular flexibility index (Phi) is 8.60. The van der Waals surface area contributed by atoms with Crippen LogP contribution in [0, 0.1) is 17.3 Å². The molecule has 18 heavy (non-hydrogen) atoms. The maximum Gasteiger partial charge on any atom is -0.00773 e. The predicted octanol–water partition coefficient (Wildman–Crippen LogP) is 5.16. The smallest absolute Gasteiger partial charge is 0.00773 e. The summed E-state index contributed by atoms with van der Waals surface area (Å²) in [4.78, 5) is 0. The first-order valence-corrected chi connectivity index (χ1v) is 7.75. The lowest BCUT2D eigenvalue weighted by Crippen LogP contribution is -2.30. The molecule has 0 aliphatic carbocycles. The molecule has 0 bridgehead atoms. The van der Waals surface area contributed by atoms with Crippen LogP contribution in [0.2, 0.25) is 0 Å². The summed E-state index contributed by atoms with van der Waals surface area (Å²) in [6, 6.07) is 0. The molecular formula is C17H35N. The Bertz CT molecular complexity index is 232. The van der Waals surface area contributed by atoms with Crippen LogP contribution >= 0.6 is 0 Å². The molecule has 0 amide bonds. The molecule has 0 rings (SSSR count). The fourth-order valence-electron chi connectivity index (χ4n) is 2.79. The second kappa shape index (κ2) is 8.74. The van der Waals surface area contributed by atoms with Crippen molar-refractivity contribution in [2.45, 2.75) is 73.1 Å². The van der Waals surface area contributed by atoms with Crippen LogP contribution in [0.25, 0.3) is 0 Å². The first kappa shape index (κ1) is 17.7. The maximum absolute atomic E-state index is 5.51. The minimum absolute atomic E-state index is 0.445. The van der Waals surface area contributed by atoms with Gasteiger partial charge in [-0.1, -0.05) is 59.6 Å². The fourth-order valence-corrected chi connectivity index (χ4v) is 2.79. The monoisotopic (exact) mass is 253 g/mol. The molecule has 0 saturated heterocycles. The van der Waals surface area contributed by atoms with Gasteiger partial charge in [0.25, 0.3) is 0 Å². The maximum atomic E-state index is 5.51. The molecule has 2 atom stereocenters. The van der Waals surface area contributed by atoms with E-state index in [1.54, 1.807) is 0 Å². The average molecular weight is 253 g/mol. The number of nitrogens with two attached hydrogens (primary N) is 1. The second-order valence-electron chi connectivity index (χ2n) is 6.47. The van der Waals surface area contributed by atoms with Crippen LogP contribution in [0.15, 0.2) is 12.2 Å². The van der Waals surface area contributed by atoms with Crippen LogP contribution in [0.1, 0.15) is 73.1 Å². The van der Waals surface area contributed by atoms with Gasteiger partial charge >= 0.3 is 0 Å². The Hall–Kier alpha value is -0.300. The van der Waals surface area contributed by atoms with Crippen molar-refractivity contribution in [2.75, 3.05) is 6.54 Å². The molecule has 1 nitrogen and oxygen atoms in total. The zero-order valence-electron chi connectivity index (χ0n) is 13.4. The molecule has 0 radical (unpaired) electrons. The Morgan fingerprint density at radius 2 is 1.78 bits per heavy atom. The molecule has 0 spiro atoms. The van der Waals surface area contributed by atoms with Gasteiger partial charge in [-0.3, -0.25) is 0 Å². The number of allylic oxidation sites excluding steroid dienone is 1. The molecule has 0 aromatic rings. The van der Waals surface area contributed by atoms with E-state index in [1.165, 1.54) is 37.7 Å². The summed E-state index contributed by atoms with van der Waals surface area (Å²) in [7, 11) is 0. The van der Waals surface area contributed by atoms with E-state index < -0.39 is 0 Å². The first-order valence-electron chi connectivity index (χ1n) is 7.75. The number of unbranched alkanes of at least 4 members (excludes halogenated alkanes) is 2. The van der Waals surface area contributed by atoms with Crippen LogP contribution in [0.5, 0.6) is 0 Å². The molecule has 0 aliphatic heterocycles. The first-order chi connectivity index (χ1) is 8.38. The van der Waals surface area contributed by atoms with Crippen molar-refractivity contribution in [1.29, 1.82) is 0 Å². The molecule has 2 N–H and O–H groups in total. The van der Waals surface area contributed by atoms with E-state index in [2.05, 4.69) is 41.2 Å². The van der Waals surface area contributed by atoms with Gasteiger partial charge in [-0.15, -0.1) is 0 Å². The van der Waals surface area contributed by atoms with E-state index >= 15 is 0 Å². The molecule has 2 unspecified atom stereocenters. The summed E-state index contributed by atoms with van der Waals surface area (Å²) in [5, 5.41) is 0. The van der Waals surface area contributed by atoms with Gasteiger partial charge in [-0.25, -0.2) is 0 Å². The van der Waals surface area contributed by atoms with Gasteiger partial charge in [0.2, 0.25) is 0 Å². The molecule has 0 aromatic carbocycles. The van der Waals surface area contributed by atoms with Gasteiger partial charge in [0.1, 0.15) is 0 Å². The minimum atomic E-state index is 0.445. The Morgan fingerprint density at radius 1 is 1.17 bits per heavy atom. The van der Waals surface area contributed by atoms with Crippen molar-refractivity contribution in [3.05, 3.63) is 12.2 Å². The quantitative estimate of drug-likeness (QED) is 0.422. The third kappa shape index (κ3) is 5.56. The third-order valence-corrected chi connectivity index (χ3v) is 5.04. The number of hydrogen-bond acceptors (Lipinski definition) is 1. The standard InChI is InChI=1S/C17H35N/c1-7-17(6,14(2)3)16(5)13-15(4)11-9-8-10-12-18/h14,16H,4,7-13,18H2,1-3,5-6H3. The Balaban J connectivity index is 4.13. The van der Waals surface area contributed by atoms with Crippen molar-refractivity contribution >= 4 is 0 Å². The molecule has 108 valence electrons. The Morgan fingerprint density at radius 3 is 2.22 bits per heavy atom. The Labute approximate surface area is 115 Å². The van der Waals surface area contributed by atoms with E-state index in [1.807, 2.05) is 0 Å². The molecular weight excluding hydrogens is 218 g/mol. The van der Waals surface area contributed by atoms with Gasteiger partial charge in [0, 0.05) is 0 Å². The van der Waals surface area contributed by atoms with E-state index in [-0.39, 0.29) is 0 Å². The van der Waals surface area contributed by atoms with Crippen molar-refractivity contribution < 1.29 is 0 Å². The van der Waals surface area contributed by atoms with E-state index in [0.717, 1.165) is 24.8 Å². The van der Waals surface area contributed by atoms with E-state index in [0.29, 0.717) is 5.41 Å². The second-order valence-corrected chi connectivity index (χ2v) is 6.47. The van der Waals surface area contributed by atoms with Crippen molar-refractivity contribution in [2.24, 2.45) is 23.0 Å². The van der Waals surface area contributed by atoms with Crippen molar-refractivity contribution in [3.63, 3.8) is 0 Å². The molecule has 0 heterocycles. The zero-order chi connectivity index (χ0) is 14.2. The van der Waals surface area contributed by atoms with Crippen molar-refractivity contribution in [1.82, 2.24) is 0 Å². The number of rotatable bonds is 10. The van der Waals surface area contributed by atoms with E-state index in [4.69, 9.17) is 5.73 Å². The van der Waals surface area contributed by atoms with E-state index in [9.17, 15) is 0 Å². The summed E-state index contributed by atoms with van der Waals surface area (Å²) in [5.41, 5.74) is 7.39. The van der Waals surface area contributed by atoms with Crippen LogP contribution in [-0.2, 0) is 0 Å². The lowest BCUT2D eigenvalue weighted by Gasteiger charge is -2.39. The van der Waals surface area contributed by atoms with Crippen LogP contribution < -0.4 is 5.73 Å². The summed E-state index contributed by atoms with van der Waals surface area (Å²) in [6.45, 7) is 16.9. The van der Waals surface area contributed by atoms with Gasteiger partial charge in [0.05, 0.1) is 0 Å². The molecule has 0 aromatic heterocycles. The largest absolute Gasteiger partial charge is 0.330 e. The van der Waals surface area contributed by atoms with Crippen LogP contribution in [-0.4, -0.2) is 6.54 Å². The van der Waals surface area contributed by atoms with Gasteiger partial charge < -0.3 is 5.73 Å². The lowest BCUT2D eigenvalue weighted by atomic mass is 9.66. The molecule has 0 fully saturated rings. The molecule has 1 heteroatoms. The third-order valence-electron chi connectivity index (χ3n) is 5.04. The summed E-state index contributed by atoms with van der Waals surface area (Å²) < 4.78 is 0. The van der Waals surface area contributed by atoms with Crippen LogP contribution in [0.4, 0.5) is 0 Å². The normalized spacial score (nSPS) is 16.6. The lowest BCUT2D eigenvalue weighted by molar-refractivity contribution is 0.118. The highest BCUT2D eigenvalue weighted by Crippen LogP contribution is 2.41. The average Bonchev–Trinajstić information content (AvgIpc) is 2.33. The zero-order valence-corrected chi connectivity index (χ0v) is 13.4. The summed E-state index contributed by atoms with van der Waals surface area (Å²) >= 11 is 0. The molecule has 0 aliphatic rings. The number of hydrogen-bond donors (Lipinski definition) is 1. The minimum Gasteiger partial charge on any atom is -0.330 e. The highest BCUT2D eigenvalue weighted by molar-refractivity contribution is 4.98. The van der Waals surface area contributed by atoms with Gasteiger partial charge in [-0.05, 0) is 49.5 Å². The highest BCUT2D eigenvalue weighted by atomic mass is 14.5. The molecule has 0 saturated carbocycles. The topological polar surface area (TPSA) is 26.0 Å². The van der Waals surface area contributed by atoms with Crippen molar-refractivity contribution in [3.8, 4) is 0 Å². The SMILES string of the molecule is C=C(CCCCCN)CC(C)C(C)(CC)C(C)C. The van der Waals surface area contributed by atoms with Crippen LogP contribution in [0.3, 0.4) is 0 Å². The van der Waals surface area contributed by atoms with Gasteiger partial charge in [0.15, 0.2) is 0 Å². The summed E-state index contributed by atoms with van der Waals surface area (Å²) in [5.74, 6) is 1.46. The van der Waals surface area contributed by atoms with Gasteiger partial charge in [-0.2, -0.15) is 0 Å². The fraction of sp³-hybridized carbons (Fsp3) is 0.882. The summed E-state index contributed by atoms with van der Waals surface area (Å²) in [6.07, 6.45) is 7.29. The predicted molar refractivity (Wildman–Crippen MR) is 83.7 cm³/mol.